The van der Waals surface area contributed by atoms with Gasteiger partial charge in [0.1, 0.15) is 0 Å². The summed E-state index contributed by atoms with van der Waals surface area (Å²) in [4.78, 5) is 12.8. The molecule has 1 N–H and O–H groups in total. The first-order valence-corrected chi connectivity index (χ1v) is 6.70. The van der Waals surface area contributed by atoms with Crippen LogP contribution in [-0.2, 0) is 4.79 Å². The zero-order chi connectivity index (χ0) is 12.2. The van der Waals surface area contributed by atoms with Crippen LogP contribution in [-0.4, -0.2) is 30.6 Å². The Morgan fingerprint density at radius 1 is 1.12 bits per heavy atom. The normalized spacial score (nSPS) is 11.7. The molecule has 0 aliphatic heterocycles. The molecule has 0 radical (unpaired) electrons. The lowest BCUT2D eigenvalue weighted by atomic mass is 10.2. The molecule has 4 heteroatoms. The molecule has 0 aliphatic rings. The highest BCUT2D eigenvalue weighted by atomic mass is 32.1. The first kappa shape index (κ1) is 19.1. The van der Waals surface area contributed by atoms with Crippen molar-refractivity contribution >= 4 is 19.9 Å². The second-order valence-corrected chi connectivity index (χ2v) is 4.39. The fourth-order valence-electron chi connectivity index (χ4n) is 1.66. The van der Waals surface area contributed by atoms with Gasteiger partial charge in [0.15, 0.2) is 0 Å². The third kappa shape index (κ3) is 10.6. The van der Waals surface area contributed by atoms with Crippen LogP contribution in [0, 0.1) is 0 Å². The molecule has 0 saturated carbocycles. The standard InChI is InChI=1S/C13H28N2O.H2S/c1-4-6-8-9-11-15(12-16)13(3)14-10-7-5-2;/h12-14H,4-11H2,1-3H3;1H2. The van der Waals surface area contributed by atoms with Gasteiger partial charge in [-0.3, -0.25) is 10.1 Å². The largest absolute Gasteiger partial charge is 0.330 e. The number of unbranched alkanes of at least 4 members (excludes halogenated alkanes) is 4. The summed E-state index contributed by atoms with van der Waals surface area (Å²) in [6.45, 7) is 8.31. The molecule has 17 heavy (non-hydrogen) atoms. The van der Waals surface area contributed by atoms with Gasteiger partial charge in [-0.2, -0.15) is 13.5 Å². The molecule has 104 valence electrons. The molecule has 0 saturated heterocycles. The number of nitrogens with one attached hydrogen (secondary N) is 1. The second-order valence-electron chi connectivity index (χ2n) is 4.39. The average Bonchev–Trinajstić information content (AvgIpc) is 2.29. The minimum Gasteiger partial charge on any atom is -0.330 e. The summed E-state index contributed by atoms with van der Waals surface area (Å²) in [5.41, 5.74) is 0. The number of nitrogens with zero attached hydrogens (tertiary/aromatic N) is 1. The maximum Gasteiger partial charge on any atom is 0.210 e. The van der Waals surface area contributed by atoms with Gasteiger partial charge in [-0.25, -0.2) is 0 Å². The predicted molar refractivity (Wildman–Crippen MR) is 79.7 cm³/mol. The van der Waals surface area contributed by atoms with Gasteiger partial charge in [-0.15, -0.1) is 0 Å². The minimum absolute atomic E-state index is 0. The summed E-state index contributed by atoms with van der Waals surface area (Å²) < 4.78 is 0. The fraction of sp³-hybridized carbons (Fsp3) is 0.923. The molecular weight excluding hydrogens is 232 g/mol. The van der Waals surface area contributed by atoms with E-state index in [1.54, 1.807) is 0 Å². The first-order chi connectivity index (χ1) is 7.76. The Kier molecular flexibility index (Phi) is 15.6. The van der Waals surface area contributed by atoms with Gasteiger partial charge >= 0.3 is 0 Å². The Bertz CT molecular complexity index is 167. The van der Waals surface area contributed by atoms with Crippen molar-refractivity contribution in [3.63, 3.8) is 0 Å². The van der Waals surface area contributed by atoms with Crippen molar-refractivity contribution in [2.45, 2.75) is 65.5 Å². The molecule has 0 bridgehead atoms. The molecule has 3 nitrogen and oxygen atoms in total. The molecule has 1 amide bonds. The second kappa shape index (κ2) is 13.8. The third-order valence-corrected chi connectivity index (χ3v) is 2.87. The number of hydrogen-bond acceptors (Lipinski definition) is 2. The van der Waals surface area contributed by atoms with Crippen LogP contribution in [0.3, 0.4) is 0 Å². The van der Waals surface area contributed by atoms with Crippen LogP contribution >= 0.6 is 13.5 Å². The third-order valence-electron chi connectivity index (χ3n) is 2.87. The molecule has 0 aliphatic carbocycles. The Morgan fingerprint density at radius 3 is 2.29 bits per heavy atom. The average molecular weight is 262 g/mol. The number of amides is 1. The lowest BCUT2D eigenvalue weighted by Gasteiger charge is -2.26. The van der Waals surface area contributed by atoms with Crippen molar-refractivity contribution < 1.29 is 4.79 Å². The molecule has 0 spiro atoms. The quantitative estimate of drug-likeness (QED) is 0.353. The molecule has 0 aromatic carbocycles. The van der Waals surface area contributed by atoms with E-state index in [4.69, 9.17) is 0 Å². The van der Waals surface area contributed by atoms with E-state index in [0.717, 1.165) is 25.9 Å². The molecule has 1 atom stereocenters. The maximum atomic E-state index is 10.9. The number of carbonyl (C=O) groups is 1. The highest BCUT2D eigenvalue weighted by Crippen LogP contribution is 2.02. The summed E-state index contributed by atoms with van der Waals surface area (Å²) in [7, 11) is 0. The molecule has 0 aromatic heterocycles. The predicted octanol–water partition coefficient (Wildman–Crippen LogP) is 2.87. The lowest BCUT2D eigenvalue weighted by molar-refractivity contribution is -0.120. The van der Waals surface area contributed by atoms with E-state index in [9.17, 15) is 4.79 Å². The fourth-order valence-corrected chi connectivity index (χ4v) is 1.66. The van der Waals surface area contributed by atoms with Crippen molar-refractivity contribution in [1.29, 1.82) is 0 Å². The topological polar surface area (TPSA) is 32.3 Å². The number of hydrogen-bond donors (Lipinski definition) is 1. The van der Waals surface area contributed by atoms with E-state index in [-0.39, 0.29) is 19.7 Å². The van der Waals surface area contributed by atoms with E-state index in [0.29, 0.717) is 0 Å². The molecule has 0 heterocycles. The van der Waals surface area contributed by atoms with Gasteiger partial charge < -0.3 is 4.90 Å². The van der Waals surface area contributed by atoms with Gasteiger partial charge in [0.2, 0.25) is 6.41 Å². The van der Waals surface area contributed by atoms with Gasteiger partial charge in [0.05, 0.1) is 6.17 Å². The first-order valence-electron chi connectivity index (χ1n) is 6.70. The summed E-state index contributed by atoms with van der Waals surface area (Å²) in [6, 6.07) is 0. The van der Waals surface area contributed by atoms with Crippen LogP contribution < -0.4 is 5.32 Å². The Hall–Kier alpha value is -0.220. The van der Waals surface area contributed by atoms with Gasteiger partial charge in [-0.05, 0) is 26.3 Å². The van der Waals surface area contributed by atoms with Crippen LogP contribution in [0.4, 0.5) is 0 Å². The smallest absolute Gasteiger partial charge is 0.210 e. The van der Waals surface area contributed by atoms with Crippen molar-refractivity contribution in [3.05, 3.63) is 0 Å². The van der Waals surface area contributed by atoms with E-state index in [1.165, 1.54) is 32.1 Å². The summed E-state index contributed by atoms with van der Waals surface area (Å²) >= 11 is 0. The van der Waals surface area contributed by atoms with Gasteiger partial charge in [-0.1, -0.05) is 39.5 Å². The van der Waals surface area contributed by atoms with Crippen LogP contribution in [0.15, 0.2) is 0 Å². The zero-order valence-electron chi connectivity index (χ0n) is 11.7. The molecule has 0 rings (SSSR count). The van der Waals surface area contributed by atoms with Crippen LogP contribution in [0.1, 0.15) is 59.3 Å². The van der Waals surface area contributed by atoms with Crippen molar-refractivity contribution in [3.8, 4) is 0 Å². The van der Waals surface area contributed by atoms with E-state index in [2.05, 4.69) is 26.1 Å². The Morgan fingerprint density at radius 2 is 1.76 bits per heavy atom. The molecular formula is C13H30N2OS. The Labute approximate surface area is 114 Å². The number of carbonyl (C=O) groups excluding carboxylic acids is 1. The van der Waals surface area contributed by atoms with E-state index < -0.39 is 0 Å². The zero-order valence-corrected chi connectivity index (χ0v) is 12.7. The van der Waals surface area contributed by atoms with E-state index in [1.807, 2.05) is 4.90 Å². The highest BCUT2D eigenvalue weighted by Gasteiger charge is 2.09. The lowest BCUT2D eigenvalue weighted by Crippen LogP contribution is -2.43. The van der Waals surface area contributed by atoms with Crippen molar-refractivity contribution in [2.24, 2.45) is 0 Å². The maximum absolute atomic E-state index is 10.9. The number of rotatable bonds is 11. The van der Waals surface area contributed by atoms with Crippen molar-refractivity contribution in [1.82, 2.24) is 10.2 Å². The van der Waals surface area contributed by atoms with Crippen LogP contribution in [0.25, 0.3) is 0 Å². The summed E-state index contributed by atoms with van der Waals surface area (Å²) in [5.74, 6) is 0. The SMILES string of the molecule is CCCCCCN(C=O)C(C)NCCCC.S. The van der Waals surface area contributed by atoms with Gasteiger partial charge in [0, 0.05) is 6.54 Å². The monoisotopic (exact) mass is 262 g/mol. The van der Waals surface area contributed by atoms with E-state index >= 15 is 0 Å². The van der Waals surface area contributed by atoms with Crippen LogP contribution in [0.5, 0.6) is 0 Å². The van der Waals surface area contributed by atoms with Gasteiger partial charge in [0.25, 0.3) is 0 Å². The summed E-state index contributed by atoms with van der Waals surface area (Å²) in [5, 5.41) is 3.37. The van der Waals surface area contributed by atoms with Crippen LogP contribution in [0.2, 0.25) is 0 Å². The molecule has 1 unspecified atom stereocenters. The molecule has 0 aromatic rings. The van der Waals surface area contributed by atoms with Crippen molar-refractivity contribution in [2.75, 3.05) is 13.1 Å². The minimum atomic E-state index is 0. The Balaban J connectivity index is 0. The summed E-state index contributed by atoms with van der Waals surface area (Å²) in [6.07, 6.45) is 8.36. The molecule has 0 fully saturated rings. The highest BCUT2D eigenvalue weighted by molar-refractivity contribution is 7.59.